The van der Waals surface area contributed by atoms with Gasteiger partial charge in [0.15, 0.2) is 6.10 Å². The van der Waals surface area contributed by atoms with Gasteiger partial charge in [0.2, 0.25) is 0 Å². The van der Waals surface area contributed by atoms with Crippen molar-refractivity contribution in [2.24, 2.45) is 0 Å². The van der Waals surface area contributed by atoms with Gasteiger partial charge in [0.25, 0.3) is 0 Å². The van der Waals surface area contributed by atoms with E-state index >= 15 is 0 Å². The maximum atomic E-state index is 12.8. The van der Waals surface area contributed by atoms with Crippen LogP contribution in [-0.4, -0.2) is 37.2 Å². The summed E-state index contributed by atoms with van der Waals surface area (Å²) in [5, 5.41) is 0. The lowest BCUT2D eigenvalue weighted by Gasteiger charge is -2.18. The molecule has 0 aromatic rings. The van der Waals surface area contributed by atoms with E-state index in [1.165, 1.54) is 154 Å². The van der Waals surface area contributed by atoms with Crippen molar-refractivity contribution < 1.29 is 28.6 Å². The number of rotatable bonds is 55. The zero-order chi connectivity index (χ0) is 51.4. The van der Waals surface area contributed by atoms with Crippen LogP contribution in [0.1, 0.15) is 303 Å². The Hall–Kier alpha value is -3.15. The first-order chi connectivity index (χ1) is 35.0. The molecule has 0 aromatic heterocycles. The Bertz CT molecular complexity index is 1320. The Balaban J connectivity index is 4.01. The maximum Gasteiger partial charge on any atom is 0.306 e. The highest BCUT2D eigenvalue weighted by atomic mass is 16.6. The van der Waals surface area contributed by atoms with E-state index in [1.807, 2.05) is 0 Å². The third kappa shape index (κ3) is 57.6. The van der Waals surface area contributed by atoms with Crippen molar-refractivity contribution in [3.63, 3.8) is 0 Å². The minimum absolute atomic E-state index is 0.0776. The predicted octanol–water partition coefficient (Wildman–Crippen LogP) is 20.5. The SMILES string of the molecule is CC/C=C\C/C=C\C/C=C\C/C=C\CCCCCCCCCCCCCCCCCCCCC(=O)OCC(COC(=O)CCCCCCCC)OC(=O)CCCCCCC/C=C\C/C=C\CCCCCC. The molecule has 0 heterocycles. The van der Waals surface area contributed by atoms with Crippen LogP contribution < -0.4 is 0 Å². The lowest BCUT2D eigenvalue weighted by Crippen LogP contribution is -2.30. The van der Waals surface area contributed by atoms with Crippen molar-refractivity contribution in [3.05, 3.63) is 72.9 Å². The highest BCUT2D eigenvalue weighted by Crippen LogP contribution is 2.16. The van der Waals surface area contributed by atoms with Crippen molar-refractivity contribution in [1.29, 1.82) is 0 Å². The predicted molar refractivity (Wildman–Crippen MR) is 307 cm³/mol. The lowest BCUT2D eigenvalue weighted by molar-refractivity contribution is -0.167. The first kappa shape index (κ1) is 67.8. The van der Waals surface area contributed by atoms with Crippen LogP contribution in [0.4, 0.5) is 0 Å². The number of carbonyl (C=O) groups excluding carboxylic acids is 3. The Morgan fingerprint density at radius 1 is 0.296 bits per heavy atom. The highest BCUT2D eigenvalue weighted by Gasteiger charge is 2.19. The summed E-state index contributed by atoms with van der Waals surface area (Å²) in [5.74, 6) is -0.891. The second-order valence-electron chi connectivity index (χ2n) is 20.2. The van der Waals surface area contributed by atoms with Gasteiger partial charge in [-0.15, -0.1) is 0 Å². The molecule has 410 valence electrons. The number of unbranched alkanes of at least 4 members (excludes halogenated alkanes) is 32. The van der Waals surface area contributed by atoms with Gasteiger partial charge in [0.1, 0.15) is 13.2 Å². The number of allylic oxidation sites excluding steroid dienone is 12. The Morgan fingerprint density at radius 3 is 0.873 bits per heavy atom. The van der Waals surface area contributed by atoms with Gasteiger partial charge in [-0.25, -0.2) is 0 Å². The fourth-order valence-electron chi connectivity index (χ4n) is 8.64. The molecule has 0 aliphatic carbocycles. The molecule has 6 heteroatoms. The Kier molecular flexibility index (Phi) is 56.8. The molecule has 0 saturated carbocycles. The number of carbonyl (C=O) groups is 3. The van der Waals surface area contributed by atoms with E-state index in [-0.39, 0.29) is 31.1 Å². The molecule has 0 aliphatic rings. The largest absolute Gasteiger partial charge is 0.462 e. The topological polar surface area (TPSA) is 78.9 Å². The molecule has 1 atom stereocenters. The first-order valence-electron chi connectivity index (χ1n) is 30.4. The molecule has 1 unspecified atom stereocenters. The van der Waals surface area contributed by atoms with Gasteiger partial charge >= 0.3 is 17.9 Å². The van der Waals surface area contributed by atoms with Gasteiger partial charge in [-0.05, 0) is 89.9 Å². The number of hydrogen-bond donors (Lipinski definition) is 0. The minimum Gasteiger partial charge on any atom is -0.462 e. The van der Waals surface area contributed by atoms with Gasteiger partial charge in [0.05, 0.1) is 0 Å². The van der Waals surface area contributed by atoms with Gasteiger partial charge in [0, 0.05) is 19.3 Å². The average Bonchev–Trinajstić information content (AvgIpc) is 3.37. The van der Waals surface area contributed by atoms with E-state index in [9.17, 15) is 14.4 Å². The van der Waals surface area contributed by atoms with Crippen molar-refractivity contribution in [1.82, 2.24) is 0 Å². The molecule has 71 heavy (non-hydrogen) atoms. The molecule has 0 radical (unpaired) electrons. The van der Waals surface area contributed by atoms with Crippen LogP contribution in [0, 0.1) is 0 Å². The standard InChI is InChI=1S/C65H114O6/c1-4-7-10-13-16-18-20-22-24-26-27-28-29-30-31-32-33-34-35-36-37-38-39-40-42-43-45-47-49-52-55-58-64(67)70-61-62(60-69-63(66)57-54-51-15-12-9-6-3)71-65(68)59-56-53-50-48-46-44-41-25-23-21-19-17-14-11-8-5-2/h7,10,16,18-19,21-22,24-25,27-28,41,62H,4-6,8-9,11-15,17,20,23,26,29-40,42-61H2,1-3H3/b10-7-,18-16-,21-19-,24-22-,28-27-,41-25-. The summed E-state index contributed by atoms with van der Waals surface area (Å²) >= 11 is 0. The van der Waals surface area contributed by atoms with Crippen molar-refractivity contribution in [3.8, 4) is 0 Å². The monoisotopic (exact) mass is 991 g/mol. The molecule has 0 bridgehead atoms. The molecule has 0 fully saturated rings. The molecule has 0 N–H and O–H groups in total. The van der Waals surface area contributed by atoms with Crippen molar-refractivity contribution >= 4 is 17.9 Å². The van der Waals surface area contributed by atoms with E-state index in [2.05, 4.69) is 93.7 Å². The molecule has 0 spiro atoms. The van der Waals surface area contributed by atoms with Crippen LogP contribution in [0.5, 0.6) is 0 Å². The zero-order valence-electron chi connectivity index (χ0n) is 47.0. The smallest absolute Gasteiger partial charge is 0.306 e. The molecule has 6 nitrogen and oxygen atoms in total. The van der Waals surface area contributed by atoms with Crippen LogP contribution in [0.2, 0.25) is 0 Å². The molecule has 0 amide bonds. The molecule has 0 aliphatic heterocycles. The minimum atomic E-state index is -0.777. The van der Waals surface area contributed by atoms with Crippen molar-refractivity contribution in [2.75, 3.05) is 13.2 Å². The van der Waals surface area contributed by atoms with Gasteiger partial charge < -0.3 is 14.2 Å². The fraction of sp³-hybridized carbons (Fsp3) is 0.769. The molecular weight excluding hydrogens is 877 g/mol. The van der Waals surface area contributed by atoms with Gasteiger partial charge in [-0.3, -0.25) is 14.4 Å². The van der Waals surface area contributed by atoms with Crippen LogP contribution in [0.25, 0.3) is 0 Å². The molecule has 0 aromatic carbocycles. The summed E-state index contributed by atoms with van der Waals surface area (Å²) in [7, 11) is 0. The Morgan fingerprint density at radius 2 is 0.549 bits per heavy atom. The van der Waals surface area contributed by atoms with Crippen LogP contribution in [0.15, 0.2) is 72.9 Å². The summed E-state index contributed by atoms with van der Waals surface area (Å²) in [5.41, 5.74) is 0. The summed E-state index contributed by atoms with van der Waals surface area (Å²) in [6.45, 7) is 6.46. The van der Waals surface area contributed by atoms with E-state index in [4.69, 9.17) is 14.2 Å². The third-order valence-corrected chi connectivity index (χ3v) is 13.2. The van der Waals surface area contributed by atoms with E-state index in [0.717, 1.165) is 109 Å². The average molecular weight is 992 g/mol. The van der Waals surface area contributed by atoms with Gasteiger partial charge in [-0.2, -0.15) is 0 Å². The van der Waals surface area contributed by atoms with Crippen LogP contribution in [0.3, 0.4) is 0 Å². The normalized spacial score (nSPS) is 12.5. The molecule has 0 saturated heterocycles. The summed E-state index contributed by atoms with van der Waals surface area (Å²) in [6, 6.07) is 0. The maximum absolute atomic E-state index is 12.8. The number of ether oxygens (including phenoxy) is 3. The summed E-state index contributed by atoms with van der Waals surface area (Å²) in [6.07, 6.45) is 76.6. The second kappa shape index (κ2) is 59.4. The quantitative estimate of drug-likeness (QED) is 0.0261. The third-order valence-electron chi connectivity index (χ3n) is 13.2. The van der Waals surface area contributed by atoms with Crippen LogP contribution >= 0.6 is 0 Å². The zero-order valence-corrected chi connectivity index (χ0v) is 47.0. The van der Waals surface area contributed by atoms with Crippen LogP contribution in [-0.2, 0) is 28.6 Å². The summed E-state index contributed by atoms with van der Waals surface area (Å²) < 4.78 is 16.8. The van der Waals surface area contributed by atoms with Crippen molar-refractivity contribution in [2.45, 2.75) is 309 Å². The highest BCUT2D eigenvalue weighted by molar-refractivity contribution is 5.71. The van der Waals surface area contributed by atoms with E-state index in [0.29, 0.717) is 19.3 Å². The summed E-state index contributed by atoms with van der Waals surface area (Å²) in [4.78, 5) is 37.9. The molecule has 0 rings (SSSR count). The number of esters is 3. The lowest BCUT2D eigenvalue weighted by atomic mass is 10.0. The second-order valence-corrected chi connectivity index (χ2v) is 20.2. The number of hydrogen-bond acceptors (Lipinski definition) is 6. The van der Waals surface area contributed by atoms with E-state index in [1.54, 1.807) is 0 Å². The molecular formula is C65H114O6. The first-order valence-corrected chi connectivity index (χ1v) is 30.4. The van der Waals surface area contributed by atoms with Gasteiger partial charge in [-0.1, -0.05) is 267 Å². The van der Waals surface area contributed by atoms with E-state index < -0.39 is 6.10 Å². The fourth-order valence-corrected chi connectivity index (χ4v) is 8.64. The Labute approximate surface area is 440 Å².